The van der Waals surface area contributed by atoms with Gasteiger partial charge in [-0.1, -0.05) is 18.2 Å². The number of nitrogens with one attached hydrogen (secondary N) is 3. The van der Waals surface area contributed by atoms with E-state index in [1.165, 1.54) is 16.8 Å². The standard InChI is InChI=1S/C29H28F2N6S/c30-29(31)5-6-37(17-29)15-18-8-21(12-32-11-18)19-3-4-25-23(9-19)28(36-35-25)26-10-22-24(13-33-14-27(22)34-26)20-2-1-7-38-16-20/h1-4,8-12,16,24,33-34H,5-7,13-15,17H2,(H,35,36). The van der Waals surface area contributed by atoms with Crippen molar-refractivity contribution in [2.75, 3.05) is 25.4 Å². The fourth-order valence-corrected chi connectivity index (χ4v) is 6.54. The van der Waals surface area contributed by atoms with Crippen molar-refractivity contribution in [3.8, 4) is 22.5 Å². The average molecular weight is 531 g/mol. The maximum atomic E-state index is 13.6. The van der Waals surface area contributed by atoms with Crippen LogP contribution in [0.2, 0.25) is 0 Å². The molecule has 1 fully saturated rings. The molecule has 6 nitrogen and oxygen atoms in total. The SMILES string of the molecule is FC1(F)CCN(Cc2cncc(-c3ccc4[nH]nc(-c5cc6c([nH]5)CNCC6C5=CSCC=C5)c4c3)c2)C1. The molecule has 7 rings (SSSR count). The van der Waals surface area contributed by atoms with E-state index >= 15 is 0 Å². The molecule has 0 spiro atoms. The number of allylic oxidation sites excluding steroid dienone is 1. The number of benzene rings is 1. The molecule has 0 saturated carbocycles. The zero-order valence-corrected chi connectivity index (χ0v) is 21.6. The van der Waals surface area contributed by atoms with Crippen LogP contribution >= 0.6 is 11.8 Å². The number of thioether (sulfide) groups is 1. The second-order valence-electron chi connectivity index (χ2n) is 10.4. The first-order chi connectivity index (χ1) is 18.5. The summed E-state index contributed by atoms with van der Waals surface area (Å²) in [6, 6.07) is 10.5. The summed E-state index contributed by atoms with van der Waals surface area (Å²) in [7, 11) is 0. The van der Waals surface area contributed by atoms with Gasteiger partial charge in [-0.15, -0.1) is 11.8 Å². The molecule has 0 aliphatic carbocycles. The second kappa shape index (κ2) is 9.48. The summed E-state index contributed by atoms with van der Waals surface area (Å²) in [6.45, 7) is 2.42. The average Bonchev–Trinajstić information content (AvgIpc) is 3.64. The molecule has 3 aliphatic rings. The Hall–Kier alpha value is -3.27. The fourth-order valence-electron chi connectivity index (χ4n) is 5.80. The fraction of sp³-hybridized carbons (Fsp3) is 0.310. The van der Waals surface area contributed by atoms with E-state index in [9.17, 15) is 8.78 Å². The van der Waals surface area contributed by atoms with Gasteiger partial charge in [0.2, 0.25) is 0 Å². The van der Waals surface area contributed by atoms with Gasteiger partial charge >= 0.3 is 0 Å². The molecule has 3 aromatic heterocycles. The van der Waals surface area contributed by atoms with Crippen LogP contribution in [0, 0.1) is 0 Å². The van der Waals surface area contributed by atoms with Crippen LogP contribution in [0.5, 0.6) is 0 Å². The molecule has 6 heterocycles. The largest absolute Gasteiger partial charge is 0.356 e. The Morgan fingerprint density at radius 2 is 2.08 bits per heavy atom. The molecule has 0 amide bonds. The number of halogens is 2. The minimum Gasteiger partial charge on any atom is -0.356 e. The Labute approximate surface area is 223 Å². The molecule has 3 N–H and O–H groups in total. The molecule has 194 valence electrons. The molecule has 9 heteroatoms. The normalized spacial score (nSPS) is 21.1. The van der Waals surface area contributed by atoms with Crippen molar-refractivity contribution in [1.29, 1.82) is 0 Å². The number of pyridine rings is 1. The number of aromatic amines is 2. The number of likely N-dealkylation sites (tertiary alicyclic amines) is 1. The third kappa shape index (κ3) is 4.48. The third-order valence-electron chi connectivity index (χ3n) is 7.69. The molecule has 1 unspecified atom stereocenters. The van der Waals surface area contributed by atoms with E-state index in [0.29, 0.717) is 19.0 Å². The maximum absolute atomic E-state index is 13.6. The van der Waals surface area contributed by atoms with Crippen LogP contribution in [0.25, 0.3) is 33.4 Å². The van der Waals surface area contributed by atoms with Gasteiger partial charge in [0, 0.05) is 73.3 Å². The number of alkyl halides is 2. The van der Waals surface area contributed by atoms with E-state index in [4.69, 9.17) is 0 Å². The van der Waals surface area contributed by atoms with Gasteiger partial charge < -0.3 is 10.3 Å². The highest BCUT2D eigenvalue weighted by Gasteiger charge is 2.38. The van der Waals surface area contributed by atoms with Crippen LogP contribution in [-0.4, -0.2) is 56.4 Å². The number of aromatic nitrogens is 4. The first-order valence-electron chi connectivity index (χ1n) is 13.0. The van der Waals surface area contributed by atoms with Gasteiger partial charge in [0.25, 0.3) is 5.92 Å². The molecule has 0 bridgehead atoms. The van der Waals surface area contributed by atoms with Gasteiger partial charge in [-0.3, -0.25) is 15.0 Å². The monoisotopic (exact) mass is 530 g/mol. The predicted octanol–water partition coefficient (Wildman–Crippen LogP) is 5.83. The van der Waals surface area contributed by atoms with Crippen molar-refractivity contribution in [3.63, 3.8) is 0 Å². The van der Waals surface area contributed by atoms with E-state index in [0.717, 1.165) is 57.8 Å². The van der Waals surface area contributed by atoms with E-state index in [2.05, 4.69) is 61.2 Å². The van der Waals surface area contributed by atoms with E-state index in [1.54, 1.807) is 11.1 Å². The van der Waals surface area contributed by atoms with Crippen LogP contribution in [0.4, 0.5) is 8.78 Å². The predicted molar refractivity (Wildman–Crippen MR) is 148 cm³/mol. The lowest BCUT2D eigenvalue weighted by Gasteiger charge is -2.25. The zero-order valence-electron chi connectivity index (χ0n) is 20.8. The number of nitrogens with zero attached hydrogens (tertiary/aromatic N) is 3. The molecule has 0 radical (unpaired) electrons. The van der Waals surface area contributed by atoms with E-state index < -0.39 is 5.92 Å². The van der Waals surface area contributed by atoms with Crippen LogP contribution in [0.1, 0.15) is 29.2 Å². The third-order valence-corrected chi connectivity index (χ3v) is 8.51. The minimum atomic E-state index is -2.59. The van der Waals surface area contributed by atoms with Crippen molar-refractivity contribution in [2.45, 2.75) is 31.4 Å². The van der Waals surface area contributed by atoms with E-state index in [1.807, 2.05) is 30.1 Å². The summed E-state index contributed by atoms with van der Waals surface area (Å²) in [6.07, 6.45) is 8.00. The Bertz CT molecular complexity index is 1570. The highest BCUT2D eigenvalue weighted by molar-refractivity contribution is 8.02. The lowest BCUT2D eigenvalue weighted by atomic mass is 9.89. The van der Waals surface area contributed by atoms with Crippen molar-refractivity contribution in [3.05, 3.63) is 82.7 Å². The molecule has 1 atom stereocenters. The molecule has 1 saturated heterocycles. The number of hydrogen-bond donors (Lipinski definition) is 3. The smallest absolute Gasteiger partial charge is 0.261 e. The summed E-state index contributed by atoms with van der Waals surface area (Å²) in [5.74, 6) is -1.24. The van der Waals surface area contributed by atoms with E-state index in [-0.39, 0.29) is 13.0 Å². The van der Waals surface area contributed by atoms with Gasteiger partial charge in [-0.05, 0) is 51.9 Å². The molecule has 3 aliphatic heterocycles. The zero-order chi connectivity index (χ0) is 25.7. The topological polar surface area (TPSA) is 72.6 Å². The van der Waals surface area contributed by atoms with Crippen LogP contribution < -0.4 is 5.32 Å². The van der Waals surface area contributed by atoms with Crippen LogP contribution in [-0.2, 0) is 13.1 Å². The van der Waals surface area contributed by atoms with Crippen molar-refractivity contribution < 1.29 is 8.78 Å². The summed E-state index contributed by atoms with van der Waals surface area (Å²) in [5, 5.41) is 14.7. The highest BCUT2D eigenvalue weighted by Crippen LogP contribution is 2.38. The first kappa shape index (κ1) is 23.8. The molecular formula is C29H28F2N6S. The Morgan fingerprint density at radius 1 is 1.13 bits per heavy atom. The Kier molecular flexibility index (Phi) is 5.94. The van der Waals surface area contributed by atoms with Gasteiger partial charge in [0.05, 0.1) is 17.8 Å². The summed E-state index contributed by atoms with van der Waals surface area (Å²) >= 11 is 1.84. The Morgan fingerprint density at radius 3 is 2.92 bits per heavy atom. The second-order valence-corrected chi connectivity index (χ2v) is 11.3. The number of hydrogen-bond acceptors (Lipinski definition) is 5. The minimum absolute atomic E-state index is 0.0771. The van der Waals surface area contributed by atoms with Crippen LogP contribution in [0.3, 0.4) is 0 Å². The number of fused-ring (bicyclic) bond motifs is 2. The summed E-state index contributed by atoms with van der Waals surface area (Å²) in [4.78, 5) is 9.85. The van der Waals surface area contributed by atoms with Crippen molar-refractivity contribution >= 4 is 22.7 Å². The van der Waals surface area contributed by atoms with Gasteiger partial charge in [0.15, 0.2) is 0 Å². The highest BCUT2D eigenvalue weighted by atomic mass is 32.2. The first-order valence-corrected chi connectivity index (χ1v) is 14.0. The van der Waals surface area contributed by atoms with Crippen molar-refractivity contribution in [2.24, 2.45) is 0 Å². The molecule has 4 aromatic rings. The number of H-pyrrole nitrogens is 2. The summed E-state index contributed by atoms with van der Waals surface area (Å²) < 4.78 is 27.3. The summed E-state index contributed by atoms with van der Waals surface area (Å²) in [5.41, 5.74) is 9.66. The lowest BCUT2D eigenvalue weighted by molar-refractivity contribution is 0.0115. The quantitative estimate of drug-likeness (QED) is 0.303. The van der Waals surface area contributed by atoms with Gasteiger partial charge in [-0.2, -0.15) is 5.10 Å². The maximum Gasteiger partial charge on any atom is 0.261 e. The van der Waals surface area contributed by atoms with Gasteiger partial charge in [-0.25, -0.2) is 8.78 Å². The molecule has 38 heavy (non-hydrogen) atoms. The lowest BCUT2D eigenvalue weighted by Crippen LogP contribution is -2.28. The van der Waals surface area contributed by atoms with Crippen LogP contribution in [0.15, 0.2) is 65.9 Å². The Balaban J connectivity index is 1.20. The number of rotatable bonds is 5. The van der Waals surface area contributed by atoms with Crippen molar-refractivity contribution in [1.82, 2.24) is 30.4 Å². The molecule has 1 aromatic carbocycles. The van der Waals surface area contributed by atoms with Gasteiger partial charge in [0.1, 0.15) is 5.69 Å². The molecular weight excluding hydrogens is 502 g/mol.